The van der Waals surface area contributed by atoms with E-state index in [0.717, 1.165) is 11.6 Å². The maximum absolute atomic E-state index is 4.36. The Morgan fingerprint density at radius 2 is 2.00 bits per heavy atom. The lowest BCUT2D eigenvalue weighted by molar-refractivity contribution is 1.01. The number of rotatable bonds is 3. The summed E-state index contributed by atoms with van der Waals surface area (Å²) in [6.45, 7) is 0. The largest absolute Gasteiger partial charge is 0.269 e. The van der Waals surface area contributed by atoms with E-state index in [4.69, 9.17) is 0 Å². The Kier molecular flexibility index (Phi) is 2.30. The van der Waals surface area contributed by atoms with Gasteiger partial charge >= 0.3 is 0 Å². The molecule has 1 aliphatic carbocycles. The molecule has 0 aliphatic heterocycles. The standard InChI is InChI=1S/C11H14N2/c1-13(12-9-10-7-8-10)11-5-3-2-4-6-11/h2-6,9-10H,7-8H2,1H3/b12-9+. The second-order valence-electron chi connectivity index (χ2n) is 3.46. The first-order chi connectivity index (χ1) is 6.36. The first kappa shape index (κ1) is 8.30. The van der Waals surface area contributed by atoms with E-state index in [1.807, 2.05) is 36.5 Å². The molecule has 1 aliphatic rings. The van der Waals surface area contributed by atoms with Gasteiger partial charge in [0.1, 0.15) is 0 Å². The average Bonchev–Trinajstić information content (AvgIpc) is 2.99. The van der Waals surface area contributed by atoms with Crippen molar-refractivity contribution in [3.8, 4) is 0 Å². The minimum atomic E-state index is 0.742. The summed E-state index contributed by atoms with van der Waals surface area (Å²) >= 11 is 0. The molecule has 2 nitrogen and oxygen atoms in total. The van der Waals surface area contributed by atoms with E-state index in [-0.39, 0.29) is 0 Å². The first-order valence-corrected chi connectivity index (χ1v) is 4.69. The van der Waals surface area contributed by atoms with Gasteiger partial charge in [-0.15, -0.1) is 0 Å². The molecule has 0 unspecified atom stereocenters. The average molecular weight is 174 g/mol. The topological polar surface area (TPSA) is 15.6 Å². The molecule has 0 bridgehead atoms. The highest BCUT2D eigenvalue weighted by molar-refractivity contribution is 5.65. The van der Waals surface area contributed by atoms with Crippen LogP contribution in [-0.2, 0) is 0 Å². The second-order valence-corrected chi connectivity index (χ2v) is 3.46. The third kappa shape index (κ3) is 2.31. The van der Waals surface area contributed by atoms with E-state index in [2.05, 4.69) is 17.2 Å². The van der Waals surface area contributed by atoms with Crippen LogP contribution in [0, 0.1) is 5.92 Å². The Bertz CT molecular complexity index is 288. The van der Waals surface area contributed by atoms with Crippen molar-refractivity contribution in [3.63, 3.8) is 0 Å². The number of benzene rings is 1. The summed E-state index contributed by atoms with van der Waals surface area (Å²) in [5, 5.41) is 6.28. The van der Waals surface area contributed by atoms with Gasteiger partial charge in [-0.3, -0.25) is 5.01 Å². The third-order valence-electron chi connectivity index (χ3n) is 2.20. The van der Waals surface area contributed by atoms with Gasteiger partial charge in [0.05, 0.1) is 5.69 Å². The zero-order valence-corrected chi connectivity index (χ0v) is 7.85. The number of hydrazone groups is 1. The lowest BCUT2D eigenvalue weighted by Gasteiger charge is -2.11. The molecule has 2 rings (SSSR count). The molecule has 0 atom stereocenters. The van der Waals surface area contributed by atoms with Gasteiger partial charge in [-0.1, -0.05) is 18.2 Å². The molecule has 13 heavy (non-hydrogen) atoms. The second kappa shape index (κ2) is 3.60. The third-order valence-corrected chi connectivity index (χ3v) is 2.20. The van der Waals surface area contributed by atoms with Gasteiger partial charge in [0, 0.05) is 13.3 Å². The Hall–Kier alpha value is -1.31. The van der Waals surface area contributed by atoms with Crippen LogP contribution in [-0.4, -0.2) is 13.3 Å². The molecule has 1 aromatic carbocycles. The normalized spacial score (nSPS) is 16.4. The van der Waals surface area contributed by atoms with Crippen molar-refractivity contribution >= 4 is 11.9 Å². The van der Waals surface area contributed by atoms with Gasteiger partial charge in [-0.05, 0) is 30.9 Å². The molecule has 1 saturated carbocycles. The summed E-state index contributed by atoms with van der Waals surface area (Å²) in [6.07, 6.45) is 4.67. The van der Waals surface area contributed by atoms with Gasteiger partial charge in [-0.25, -0.2) is 0 Å². The maximum atomic E-state index is 4.36. The number of hydrogen-bond donors (Lipinski definition) is 0. The molecule has 68 valence electrons. The Labute approximate surface area is 78.9 Å². The van der Waals surface area contributed by atoms with E-state index in [1.165, 1.54) is 12.8 Å². The van der Waals surface area contributed by atoms with E-state index < -0.39 is 0 Å². The van der Waals surface area contributed by atoms with Gasteiger partial charge in [-0.2, -0.15) is 5.10 Å². The van der Waals surface area contributed by atoms with Crippen molar-refractivity contribution in [1.82, 2.24) is 0 Å². The van der Waals surface area contributed by atoms with E-state index in [0.29, 0.717) is 0 Å². The lowest BCUT2D eigenvalue weighted by Crippen LogP contribution is -2.08. The number of para-hydroxylation sites is 1. The fourth-order valence-electron chi connectivity index (χ4n) is 1.15. The smallest absolute Gasteiger partial charge is 0.0590 e. The molecule has 0 radical (unpaired) electrons. The van der Waals surface area contributed by atoms with E-state index in [9.17, 15) is 0 Å². The van der Waals surface area contributed by atoms with E-state index >= 15 is 0 Å². The molecule has 1 fully saturated rings. The maximum Gasteiger partial charge on any atom is 0.0590 e. The number of hydrogen-bond acceptors (Lipinski definition) is 2. The number of anilines is 1. The van der Waals surface area contributed by atoms with Crippen LogP contribution in [0.25, 0.3) is 0 Å². The molecule has 0 amide bonds. The van der Waals surface area contributed by atoms with Gasteiger partial charge in [0.2, 0.25) is 0 Å². The summed E-state index contributed by atoms with van der Waals surface area (Å²) in [5.41, 5.74) is 1.14. The van der Waals surface area contributed by atoms with Crippen molar-refractivity contribution in [1.29, 1.82) is 0 Å². The number of nitrogens with zero attached hydrogens (tertiary/aromatic N) is 2. The highest BCUT2D eigenvalue weighted by Crippen LogP contribution is 2.26. The monoisotopic (exact) mass is 174 g/mol. The van der Waals surface area contributed by atoms with Crippen molar-refractivity contribution in [3.05, 3.63) is 30.3 Å². The summed E-state index contributed by atoms with van der Waals surface area (Å²) in [7, 11) is 1.98. The fraction of sp³-hybridized carbons (Fsp3) is 0.364. The molecular weight excluding hydrogens is 160 g/mol. The highest BCUT2D eigenvalue weighted by Gasteiger charge is 2.18. The van der Waals surface area contributed by atoms with Crippen LogP contribution in [0.5, 0.6) is 0 Å². The van der Waals surface area contributed by atoms with Gasteiger partial charge < -0.3 is 0 Å². The predicted molar refractivity (Wildman–Crippen MR) is 56.1 cm³/mol. The van der Waals surface area contributed by atoms with Crippen LogP contribution in [0.1, 0.15) is 12.8 Å². The molecule has 0 N–H and O–H groups in total. The van der Waals surface area contributed by atoms with Crippen molar-refractivity contribution in [2.45, 2.75) is 12.8 Å². The SMILES string of the molecule is CN(/N=C/C1CC1)c1ccccc1. The Morgan fingerprint density at radius 1 is 1.31 bits per heavy atom. The summed E-state index contributed by atoms with van der Waals surface area (Å²) < 4.78 is 0. The Balaban J connectivity index is 1.99. The molecule has 2 heteroatoms. The molecule has 0 aromatic heterocycles. The van der Waals surface area contributed by atoms with Crippen LogP contribution < -0.4 is 5.01 Å². The molecule has 1 aromatic rings. The molecule has 0 heterocycles. The highest BCUT2D eigenvalue weighted by atomic mass is 15.4. The summed E-state index contributed by atoms with van der Waals surface area (Å²) in [4.78, 5) is 0. The van der Waals surface area contributed by atoms with Crippen LogP contribution in [0.4, 0.5) is 5.69 Å². The van der Waals surface area contributed by atoms with Crippen LogP contribution in [0.15, 0.2) is 35.4 Å². The van der Waals surface area contributed by atoms with Crippen molar-refractivity contribution in [2.24, 2.45) is 11.0 Å². The van der Waals surface area contributed by atoms with E-state index in [1.54, 1.807) is 0 Å². The zero-order chi connectivity index (χ0) is 9.10. The minimum absolute atomic E-state index is 0.742. The summed E-state index contributed by atoms with van der Waals surface area (Å²) in [5.74, 6) is 0.742. The van der Waals surface area contributed by atoms with Crippen molar-refractivity contribution < 1.29 is 0 Å². The van der Waals surface area contributed by atoms with Crippen molar-refractivity contribution in [2.75, 3.05) is 12.1 Å². The fourth-order valence-corrected chi connectivity index (χ4v) is 1.15. The van der Waals surface area contributed by atoms with Gasteiger partial charge in [0.25, 0.3) is 0 Å². The van der Waals surface area contributed by atoms with Crippen LogP contribution in [0.2, 0.25) is 0 Å². The minimum Gasteiger partial charge on any atom is -0.269 e. The first-order valence-electron chi connectivity index (χ1n) is 4.69. The summed E-state index contributed by atoms with van der Waals surface area (Å²) in [6, 6.07) is 10.2. The van der Waals surface area contributed by atoms with Crippen LogP contribution in [0.3, 0.4) is 0 Å². The zero-order valence-electron chi connectivity index (χ0n) is 7.85. The lowest BCUT2D eigenvalue weighted by atomic mass is 10.3. The quantitative estimate of drug-likeness (QED) is 0.508. The van der Waals surface area contributed by atoms with Gasteiger partial charge in [0.15, 0.2) is 0 Å². The molecule has 0 spiro atoms. The molecular formula is C11H14N2. The predicted octanol–water partition coefficient (Wildman–Crippen LogP) is 2.52. The van der Waals surface area contributed by atoms with Crippen LogP contribution >= 0.6 is 0 Å². The molecule has 0 saturated heterocycles. The Morgan fingerprint density at radius 3 is 2.62 bits per heavy atom.